The van der Waals surface area contributed by atoms with E-state index in [-0.39, 0.29) is 25.7 Å². The van der Waals surface area contributed by atoms with E-state index < -0.39 is 97.5 Å². The Bertz CT molecular complexity index is 1720. The van der Waals surface area contributed by atoms with Crippen molar-refractivity contribution in [2.45, 2.75) is 380 Å². The number of rotatable bonds is 70. The summed E-state index contributed by atoms with van der Waals surface area (Å²) >= 11 is 0. The van der Waals surface area contributed by atoms with Gasteiger partial charge < -0.3 is 33.8 Å². The molecule has 0 aliphatic carbocycles. The van der Waals surface area contributed by atoms with Gasteiger partial charge in [-0.25, -0.2) is 9.13 Å². The first-order valence-electron chi connectivity index (χ1n) is 36.7. The maximum Gasteiger partial charge on any atom is 0.472 e. The molecular formula is C70H136O17P2. The molecule has 528 valence electrons. The second-order valence-electron chi connectivity index (χ2n) is 25.5. The van der Waals surface area contributed by atoms with Crippen molar-refractivity contribution >= 4 is 39.5 Å². The summed E-state index contributed by atoms with van der Waals surface area (Å²) in [5.41, 5.74) is 0. The predicted octanol–water partition coefficient (Wildman–Crippen LogP) is 20.1. The van der Waals surface area contributed by atoms with Crippen molar-refractivity contribution in [3.63, 3.8) is 0 Å². The Morgan fingerprint density at radius 1 is 0.315 bits per heavy atom. The highest BCUT2D eigenvalue weighted by Crippen LogP contribution is 2.45. The van der Waals surface area contributed by atoms with Crippen LogP contribution in [0.2, 0.25) is 0 Å². The number of aliphatic hydroxyl groups is 1. The minimum absolute atomic E-state index is 0.107. The molecule has 0 aromatic heterocycles. The Hall–Kier alpha value is -1.94. The molecule has 0 spiro atoms. The van der Waals surface area contributed by atoms with E-state index in [0.29, 0.717) is 25.7 Å². The van der Waals surface area contributed by atoms with Gasteiger partial charge >= 0.3 is 39.5 Å². The summed E-state index contributed by atoms with van der Waals surface area (Å²) in [6.45, 7) is 7.27. The smallest absolute Gasteiger partial charge is 0.462 e. The van der Waals surface area contributed by atoms with Gasteiger partial charge in [0, 0.05) is 25.7 Å². The first-order valence-corrected chi connectivity index (χ1v) is 39.7. The topological polar surface area (TPSA) is 237 Å². The second kappa shape index (κ2) is 63.5. The number of aliphatic hydroxyl groups excluding tert-OH is 1. The third-order valence-corrected chi connectivity index (χ3v) is 18.5. The number of phosphoric ester groups is 2. The lowest BCUT2D eigenvalue weighted by atomic mass is 9.99. The average Bonchev–Trinajstić information content (AvgIpc) is 3.53. The van der Waals surface area contributed by atoms with Crippen LogP contribution in [0.1, 0.15) is 362 Å². The molecule has 0 aromatic carbocycles. The van der Waals surface area contributed by atoms with E-state index in [9.17, 15) is 43.2 Å². The normalized spacial score (nSPS) is 14.4. The van der Waals surface area contributed by atoms with Crippen LogP contribution in [-0.2, 0) is 65.4 Å². The van der Waals surface area contributed by atoms with E-state index in [2.05, 4.69) is 34.6 Å². The maximum absolute atomic E-state index is 13.0. The zero-order valence-electron chi connectivity index (χ0n) is 57.6. The fraction of sp³-hybridized carbons (Fsp3) is 0.943. The van der Waals surface area contributed by atoms with Crippen molar-refractivity contribution in [2.75, 3.05) is 39.6 Å². The van der Waals surface area contributed by atoms with Crippen molar-refractivity contribution in [2.24, 2.45) is 5.92 Å². The highest BCUT2D eigenvalue weighted by atomic mass is 31.2. The molecule has 0 bridgehead atoms. The fourth-order valence-electron chi connectivity index (χ4n) is 10.6. The van der Waals surface area contributed by atoms with Gasteiger partial charge in [0.05, 0.1) is 26.4 Å². The Kier molecular flexibility index (Phi) is 62.1. The number of phosphoric acid groups is 2. The summed E-state index contributed by atoms with van der Waals surface area (Å²) in [6.07, 6.45) is 49.8. The summed E-state index contributed by atoms with van der Waals surface area (Å²) in [4.78, 5) is 72.4. The first-order chi connectivity index (χ1) is 43.1. The third kappa shape index (κ3) is 63.2. The Morgan fingerprint density at radius 3 is 0.798 bits per heavy atom. The number of carbonyl (C=O) groups is 4. The van der Waals surface area contributed by atoms with E-state index in [4.69, 9.17) is 37.0 Å². The number of ether oxygens (including phenoxy) is 4. The molecule has 0 fully saturated rings. The lowest BCUT2D eigenvalue weighted by molar-refractivity contribution is -0.161. The monoisotopic (exact) mass is 1310 g/mol. The van der Waals surface area contributed by atoms with Crippen LogP contribution in [0.5, 0.6) is 0 Å². The largest absolute Gasteiger partial charge is 0.472 e. The molecule has 0 radical (unpaired) electrons. The molecular weight excluding hydrogens is 1170 g/mol. The number of esters is 4. The van der Waals surface area contributed by atoms with Gasteiger partial charge in [0.2, 0.25) is 0 Å². The summed E-state index contributed by atoms with van der Waals surface area (Å²) < 4.78 is 68.2. The number of unbranched alkanes of at least 4 members (excludes halogenated alkanes) is 41. The van der Waals surface area contributed by atoms with E-state index in [1.807, 2.05) is 0 Å². The Morgan fingerprint density at radius 2 is 0.539 bits per heavy atom. The minimum Gasteiger partial charge on any atom is -0.462 e. The zero-order valence-corrected chi connectivity index (χ0v) is 59.4. The van der Waals surface area contributed by atoms with E-state index in [1.165, 1.54) is 180 Å². The molecule has 17 nitrogen and oxygen atoms in total. The fourth-order valence-corrected chi connectivity index (χ4v) is 12.2. The first kappa shape index (κ1) is 87.1. The SMILES string of the molecule is CCCCCCCCCCCCCCC(=O)OC[C@H](COP(=O)(O)OC[C@@H](O)COP(=O)(O)OC[C@@H](COC(=O)CCCCCCCCCC)OC(=O)CCCCCCCCCCCCC)OC(=O)CCCCCCCCCCCCCCCCC(C)CC. The van der Waals surface area contributed by atoms with Gasteiger partial charge in [-0.1, -0.05) is 311 Å². The van der Waals surface area contributed by atoms with Gasteiger partial charge in [0.25, 0.3) is 0 Å². The highest BCUT2D eigenvalue weighted by Gasteiger charge is 2.30. The summed E-state index contributed by atoms with van der Waals surface area (Å²) in [6, 6.07) is 0. The van der Waals surface area contributed by atoms with Crippen LogP contribution in [0.4, 0.5) is 0 Å². The molecule has 0 aliphatic rings. The van der Waals surface area contributed by atoms with E-state index >= 15 is 0 Å². The van der Waals surface area contributed by atoms with Crippen LogP contribution in [0.3, 0.4) is 0 Å². The van der Waals surface area contributed by atoms with Crippen molar-refractivity contribution in [1.29, 1.82) is 0 Å². The molecule has 0 saturated heterocycles. The molecule has 3 N–H and O–H groups in total. The third-order valence-electron chi connectivity index (χ3n) is 16.6. The van der Waals surface area contributed by atoms with Crippen LogP contribution < -0.4 is 0 Å². The maximum atomic E-state index is 13.0. The minimum atomic E-state index is -4.95. The standard InChI is InChI=1S/C70H136O17P2/c1-6-10-13-16-19-22-24-31-34-39-44-49-54-68(73)81-60-66(87-70(75)56-51-46-41-36-32-28-26-25-27-30-33-37-42-47-52-63(5)9-4)62-85-89(78,79)83-58-64(71)57-82-88(76,77)84-61-65(59-80-67(72)53-48-43-38-21-18-15-12-8-3)86-69(74)55-50-45-40-35-29-23-20-17-14-11-7-2/h63-66,71H,6-62H2,1-5H3,(H,76,77)(H,78,79)/t63?,64-,65+,66+/m0/s1. The molecule has 3 unspecified atom stereocenters. The van der Waals surface area contributed by atoms with Gasteiger partial charge in [-0.2, -0.15) is 0 Å². The van der Waals surface area contributed by atoms with Crippen LogP contribution in [-0.4, -0.2) is 96.7 Å². The predicted molar refractivity (Wildman–Crippen MR) is 358 cm³/mol. The quantitative estimate of drug-likeness (QED) is 0.0222. The van der Waals surface area contributed by atoms with Crippen molar-refractivity contribution in [3.8, 4) is 0 Å². The van der Waals surface area contributed by atoms with E-state index in [1.54, 1.807) is 0 Å². The number of hydrogen-bond donors (Lipinski definition) is 3. The Labute approximate surface area is 543 Å². The van der Waals surface area contributed by atoms with Crippen molar-refractivity contribution in [1.82, 2.24) is 0 Å². The summed E-state index contributed by atoms with van der Waals surface area (Å²) in [5, 5.41) is 10.6. The molecule has 19 heteroatoms. The molecule has 89 heavy (non-hydrogen) atoms. The lowest BCUT2D eigenvalue weighted by Gasteiger charge is -2.21. The second-order valence-corrected chi connectivity index (χ2v) is 28.4. The van der Waals surface area contributed by atoms with Crippen LogP contribution in [0.15, 0.2) is 0 Å². The summed E-state index contributed by atoms with van der Waals surface area (Å²) in [5.74, 6) is -1.28. The molecule has 6 atom stereocenters. The van der Waals surface area contributed by atoms with E-state index in [0.717, 1.165) is 102 Å². The van der Waals surface area contributed by atoms with Crippen LogP contribution in [0.25, 0.3) is 0 Å². The number of carbonyl (C=O) groups excluding carboxylic acids is 4. The number of hydrogen-bond acceptors (Lipinski definition) is 15. The van der Waals surface area contributed by atoms with Crippen molar-refractivity contribution in [3.05, 3.63) is 0 Å². The van der Waals surface area contributed by atoms with Gasteiger partial charge in [0.1, 0.15) is 19.3 Å². The zero-order chi connectivity index (χ0) is 65.6. The average molecular weight is 1310 g/mol. The van der Waals surface area contributed by atoms with Gasteiger partial charge in [0.15, 0.2) is 12.2 Å². The molecule has 0 rings (SSSR count). The summed E-state index contributed by atoms with van der Waals surface area (Å²) in [7, 11) is -9.89. The lowest BCUT2D eigenvalue weighted by Crippen LogP contribution is -2.30. The van der Waals surface area contributed by atoms with Crippen molar-refractivity contribution < 1.29 is 80.2 Å². The van der Waals surface area contributed by atoms with Gasteiger partial charge in [-0.3, -0.25) is 37.3 Å². The molecule has 0 saturated carbocycles. The highest BCUT2D eigenvalue weighted by molar-refractivity contribution is 7.47. The molecule has 0 aromatic rings. The molecule has 0 amide bonds. The Balaban J connectivity index is 5.20. The van der Waals surface area contributed by atoms with Crippen LogP contribution >= 0.6 is 15.6 Å². The molecule has 0 aliphatic heterocycles. The van der Waals surface area contributed by atoms with Gasteiger partial charge in [-0.15, -0.1) is 0 Å². The van der Waals surface area contributed by atoms with Crippen LogP contribution in [0, 0.1) is 5.92 Å². The molecule has 0 heterocycles. The van der Waals surface area contributed by atoms with Gasteiger partial charge in [-0.05, 0) is 31.6 Å².